The highest BCUT2D eigenvalue weighted by Crippen LogP contribution is 2.26. The van der Waals surface area contributed by atoms with Crippen molar-refractivity contribution < 1.29 is 0 Å². The van der Waals surface area contributed by atoms with Gasteiger partial charge in [-0.25, -0.2) is 0 Å². The third-order valence-electron chi connectivity index (χ3n) is 2.86. The molecule has 16 heavy (non-hydrogen) atoms. The number of nitrogens with two attached hydrogens (primary N) is 1. The second-order valence-electron chi connectivity index (χ2n) is 4.04. The summed E-state index contributed by atoms with van der Waals surface area (Å²) in [7, 11) is 0. The van der Waals surface area contributed by atoms with Crippen LogP contribution in [-0.4, -0.2) is 4.98 Å². The fourth-order valence-corrected chi connectivity index (χ4v) is 1.90. The predicted molar refractivity (Wildman–Crippen MR) is 67.0 cm³/mol. The summed E-state index contributed by atoms with van der Waals surface area (Å²) >= 11 is 0. The average molecular weight is 212 g/mol. The molecule has 2 heteroatoms. The molecule has 0 bridgehead atoms. The van der Waals surface area contributed by atoms with Crippen molar-refractivity contribution in [2.24, 2.45) is 5.73 Å². The van der Waals surface area contributed by atoms with E-state index in [1.165, 1.54) is 27.8 Å². The Hall–Kier alpha value is -1.67. The van der Waals surface area contributed by atoms with E-state index in [4.69, 9.17) is 5.73 Å². The molecule has 0 saturated carbocycles. The SMILES string of the molecule is Cc1cc(CN)ccc1-c1cnccc1C. The Morgan fingerprint density at radius 2 is 1.88 bits per heavy atom. The highest BCUT2D eigenvalue weighted by Gasteiger charge is 2.05. The minimum absolute atomic E-state index is 0.590. The van der Waals surface area contributed by atoms with E-state index in [9.17, 15) is 0 Å². The summed E-state index contributed by atoms with van der Waals surface area (Å²) in [6.45, 7) is 4.81. The smallest absolute Gasteiger partial charge is 0.0349 e. The second kappa shape index (κ2) is 4.45. The van der Waals surface area contributed by atoms with Gasteiger partial charge in [-0.15, -0.1) is 0 Å². The van der Waals surface area contributed by atoms with Crippen molar-refractivity contribution >= 4 is 0 Å². The fraction of sp³-hybridized carbons (Fsp3) is 0.214. The number of nitrogens with zero attached hydrogens (tertiary/aromatic N) is 1. The van der Waals surface area contributed by atoms with Crippen molar-refractivity contribution in [3.8, 4) is 11.1 Å². The lowest BCUT2D eigenvalue weighted by Crippen LogP contribution is -1.97. The van der Waals surface area contributed by atoms with Crippen LogP contribution in [0.4, 0.5) is 0 Å². The zero-order chi connectivity index (χ0) is 11.5. The van der Waals surface area contributed by atoms with E-state index < -0.39 is 0 Å². The zero-order valence-corrected chi connectivity index (χ0v) is 9.70. The summed E-state index contributed by atoms with van der Waals surface area (Å²) in [6.07, 6.45) is 3.74. The van der Waals surface area contributed by atoms with Gasteiger partial charge in [0.05, 0.1) is 0 Å². The van der Waals surface area contributed by atoms with Gasteiger partial charge < -0.3 is 5.73 Å². The van der Waals surface area contributed by atoms with Gasteiger partial charge in [0.15, 0.2) is 0 Å². The van der Waals surface area contributed by atoms with E-state index in [0.717, 1.165) is 0 Å². The highest BCUT2D eigenvalue weighted by molar-refractivity contribution is 5.69. The molecule has 0 aliphatic rings. The van der Waals surface area contributed by atoms with Crippen LogP contribution in [0, 0.1) is 13.8 Å². The van der Waals surface area contributed by atoms with E-state index in [2.05, 4.69) is 37.0 Å². The van der Waals surface area contributed by atoms with Gasteiger partial charge in [-0.3, -0.25) is 4.98 Å². The summed E-state index contributed by atoms with van der Waals surface area (Å²) in [6, 6.07) is 8.38. The maximum absolute atomic E-state index is 5.63. The number of rotatable bonds is 2. The molecule has 2 nitrogen and oxygen atoms in total. The molecular formula is C14H16N2. The first-order chi connectivity index (χ1) is 7.72. The Kier molecular flexibility index (Phi) is 3.02. The van der Waals surface area contributed by atoms with Gasteiger partial charge in [0, 0.05) is 24.5 Å². The molecule has 0 saturated heterocycles. The molecular weight excluding hydrogens is 196 g/mol. The maximum atomic E-state index is 5.63. The van der Waals surface area contributed by atoms with Crippen molar-refractivity contribution in [2.45, 2.75) is 20.4 Å². The quantitative estimate of drug-likeness (QED) is 0.831. The van der Waals surface area contributed by atoms with Crippen LogP contribution in [0.15, 0.2) is 36.7 Å². The second-order valence-corrected chi connectivity index (χ2v) is 4.04. The molecule has 2 N–H and O–H groups in total. The van der Waals surface area contributed by atoms with Gasteiger partial charge in [0.1, 0.15) is 0 Å². The zero-order valence-electron chi connectivity index (χ0n) is 9.70. The van der Waals surface area contributed by atoms with Crippen molar-refractivity contribution in [3.63, 3.8) is 0 Å². The highest BCUT2D eigenvalue weighted by atomic mass is 14.6. The molecule has 0 amide bonds. The summed E-state index contributed by atoms with van der Waals surface area (Å²) in [5.41, 5.74) is 11.7. The maximum Gasteiger partial charge on any atom is 0.0349 e. The van der Waals surface area contributed by atoms with Gasteiger partial charge >= 0.3 is 0 Å². The van der Waals surface area contributed by atoms with Crippen LogP contribution in [0.5, 0.6) is 0 Å². The Balaban J connectivity index is 2.53. The Morgan fingerprint density at radius 1 is 1.06 bits per heavy atom. The molecule has 0 aliphatic carbocycles. The first-order valence-electron chi connectivity index (χ1n) is 5.43. The molecule has 0 radical (unpaired) electrons. The van der Waals surface area contributed by atoms with E-state index in [-0.39, 0.29) is 0 Å². The molecule has 0 fully saturated rings. The predicted octanol–water partition coefficient (Wildman–Crippen LogP) is 2.82. The number of hydrogen-bond acceptors (Lipinski definition) is 2. The number of pyridine rings is 1. The normalized spacial score (nSPS) is 10.4. The van der Waals surface area contributed by atoms with Crippen LogP contribution in [0.2, 0.25) is 0 Å². The Bertz CT molecular complexity index is 504. The summed E-state index contributed by atoms with van der Waals surface area (Å²) < 4.78 is 0. The van der Waals surface area contributed by atoms with Crippen LogP contribution in [-0.2, 0) is 6.54 Å². The van der Waals surface area contributed by atoms with Gasteiger partial charge in [-0.05, 0) is 42.2 Å². The molecule has 1 aromatic heterocycles. The van der Waals surface area contributed by atoms with E-state index in [0.29, 0.717) is 6.54 Å². The third-order valence-corrected chi connectivity index (χ3v) is 2.86. The monoisotopic (exact) mass is 212 g/mol. The van der Waals surface area contributed by atoms with Crippen molar-refractivity contribution in [1.82, 2.24) is 4.98 Å². The lowest BCUT2D eigenvalue weighted by Gasteiger charge is -2.09. The van der Waals surface area contributed by atoms with E-state index in [1.54, 1.807) is 0 Å². The van der Waals surface area contributed by atoms with Crippen molar-refractivity contribution in [1.29, 1.82) is 0 Å². The summed E-state index contributed by atoms with van der Waals surface area (Å²) in [5.74, 6) is 0. The molecule has 1 heterocycles. The Labute approximate surface area is 96.1 Å². The molecule has 1 aromatic carbocycles. The molecule has 2 aromatic rings. The lowest BCUT2D eigenvalue weighted by molar-refractivity contribution is 1.07. The average Bonchev–Trinajstić information content (AvgIpc) is 2.30. The lowest BCUT2D eigenvalue weighted by atomic mass is 9.97. The van der Waals surface area contributed by atoms with Crippen LogP contribution in [0.1, 0.15) is 16.7 Å². The van der Waals surface area contributed by atoms with Crippen LogP contribution >= 0.6 is 0 Å². The minimum Gasteiger partial charge on any atom is -0.326 e. The van der Waals surface area contributed by atoms with Crippen LogP contribution in [0.3, 0.4) is 0 Å². The minimum atomic E-state index is 0.590. The standard InChI is InChI=1S/C14H16N2/c1-10-5-6-16-9-14(10)13-4-3-12(8-15)7-11(13)2/h3-7,9H,8,15H2,1-2H3. The third kappa shape index (κ3) is 1.97. The van der Waals surface area contributed by atoms with E-state index in [1.807, 2.05) is 18.5 Å². The molecule has 0 unspecified atom stereocenters. The largest absolute Gasteiger partial charge is 0.326 e. The van der Waals surface area contributed by atoms with Crippen molar-refractivity contribution in [2.75, 3.05) is 0 Å². The molecule has 0 aliphatic heterocycles. The van der Waals surface area contributed by atoms with Crippen LogP contribution in [0.25, 0.3) is 11.1 Å². The first kappa shape index (κ1) is 10.8. The topological polar surface area (TPSA) is 38.9 Å². The summed E-state index contributed by atoms with van der Waals surface area (Å²) in [4.78, 5) is 4.18. The number of aryl methyl sites for hydroxylation is 2. The number of aromatic nitrogens is 1. The molecule has 82 valence electrons. The van der Waals surface area contributed by atoms with Gasteiger partial charge in [-0.2, -0.15) is 0 Å². The Morgan fingerprint density at radius 3 is 2.50 bits per heavy atom. The fourth-order valence-electron chi connectivity index (χ4n) is 1.90. The van der Waals surface area contributed by atoms with Gasteiger partial charge in [0.2, 0.25) is 0 Å². The molecule has 0 spiro atoms. The number of benzene rings is 1. The van der Waals surface area contributed by atoms with E-state index >= 15 is 0 Å². The van der Waals surface area contributed by atoms with Crippen LogP contribution < -0.4 is 5.73 Å². The van der Waals surface area contributed by atoms with Gasteiger partial charge in [0.25, 0.3) is 0 Å². The molecule has 0 atom stereocenters. The van der Waals surface area contributed by atoms with Gasteiger partial charge in [-0.1, -0.05) is 18.2 Å². The summed E-state index contributed by atoms with van der Waals surface area (Å²) in [5, 5.41) is 0. The van der Waals surface area contributed by atoms with Crippen molar-refractivity contribution in [3.05, 3.63) is 53.3 Å². The number of hydrogen-bond donors (Lipinski definition) is 1. The first-order valence-corrected chi connectivity index (χ1v) is 5.43. The molecule has 2 rings (SSSR count).